The van der Waals surface area contributed by atoms with Gasteiger partial charge in [-0.2, -0.15) is 11.8 Å². The summed E-state index contributed by atoms with van der Waals surface area (Å²) >= 11 is 6.96. The molecule has 2 aromatic heterocycles. The lowest BCUT2D eigenvalue weighted by molar-refractivity contribution is 0.0951. The van der Waals surface area contributed by atoms with Gasteiger partial charge in [-0.15, -0.1) is 11.3 Å². The summed E-state index contributed by atoms with van der Waals surface area (Å²) in [7, 11) is 0. The van der Waals surface area contributed by atoms with Crippen molar-refractivity contribution < 1.29 is 9.59 Å². The average molecular weight is 415 g/mol. The Hall–Kier alpha value is -1.05. The summed E-state index contributed by atoms with van der Waals surface area (Å²) < 4.78 is 1.14. The van der Waals surface area contributed by atoms with Crippen molar-refractivity contribution >= 4 is 50.7 Å². The number of aryl methyl sites for hydroxylation is 1. The number of thioether (sulfide) groups is 1. The first kappa shape index (κ1) is 18.3. The van der Waals surface area contributed by atoms with E-state index in [1.54, 1.807) is 30.0 Å². The molecule has 2 rings (SSSR count). The maximum Gasteiger partial charge on any atom is 0.268 e. The molecular weight excluding hydrogens is 396 g/mol. The molecule has 0 spiro atoms. The van der Waals surface area contributed by atoms with E-state index in [-0.39, 0.29) is 11.7 Å². The van der Waals surface area contributed by atoms with Crippen molar-refractivity contribution in [3.63, 3.8) is 0 Å². The number of Topliss-reactive ketones (excluding diaryl/α,β-unsaturated/α-hetero) is 1. The third-order valence-electron chi connectivity index (χ3n) is 3.42. The van der Waals surface area contributed by atoms with Crippen LogP contribution in [0.25, 0.3) is 0 Å². The zero-order chi connectivity index (χ0) is 17.0. The second kappa shape index (κ2) is 8.17. The zero-order valence-electron chi connectivity index (χ0n) is 13.3. The highest BCUT2D eigenvalue weighted by molar-refractivity contribution is 9.11. The Morgan fingerprint density at radius 2 is 2.09 bits per heavy atom. The lowest BCUT2D eigenvalue weighted by Gasteiger charge is -2.05. The summed E-state index contributed by atoms with van der Waals surface area (Å²) in [5.74, 6) is 1.62. The molecule has 23 heavy (non-hydrogen) atoms. The molecule has 2 heterocycles. The van der Waals surface area contributed by atoms with Crippen molar-refractivity contribution in [2.75, 3.05) is 12.3 Å². The third-order valence-corrected chi connectivity index (χ3v) is 6.24. The largest absolute Gasteiger partial charge is 0.354 e. The number of hydrogen-bond donors (Lipinski definition) is 2. The summed E-state index contributed by atoms with van der Waals surface area (Å²) in [6.45, 7) is 5.74. The van der Waals surface area contributed by atoms with Gasteiger partial charge in [0.2, 0.25) is 0 Å². The van der Waals surface area contributed by atoms with E-state index in [1.807, 2.05) is 13.0 Å². The number of nitrogens with one attached hydrogen (secondary N) is 2. The lowest BCUT2D eigenvalue weighted by atomic mass is 10.1. The van der Waals surface area contributed by atoms with E-state index in [2.05, 4.69) is 32.3 Å². The number of thiophene rings is 1. The van der Waals surface area contributed by atoms with Crippen molar-refractivity contribution in [1.82, 2.24) is 10.3 Å². The minimum Gasteiger partial charge on any atom is -0.354 e. The van der Waals surface area contributed by atoms with Crippen molar-refractivity contribution in [2.45, 2.75) is 26.5 Å². The van der Waals surface area contributed by atoms with E-state index >= 15 is 0 Å². The Kier molecular flexibility index (Phi) is 6.50. The molecule has 0 saturated heterocycles. The summed E-state index contributed by atoms with van der Waals surface area (Å²) in [6.07, 6.45) is 0. The number of carbonyl (C=O) groups excluding carboxylic acids is 2. The van der Waals surface area contributed by atoms with Gasteiger partial charge < -0.3 is 10.3 Å². The monoisotopic (exact) mass is 414 g/mol. The minimum atomic E-state index is -0.155. The molecule has 0 atom stereocenters. The Bertz CT molecular complexity index is 722. The van der Waals surface area contributed by atoms with E-state index in [1.165, 1.54) is 11.8 Å². The quantitative estimate of drug-likeness (QED) is 0.523. The van der Waals surface area contributed by atoms with Gasteiger partial charge in [0.1, 0.15) is 5.69 Å². The summed E-state index contributed by atoms with van der Waals surface area (Å²) in [4.78, 5) is 28.2. The van der Waals surface area contributed by atoms with E-state index in [0.717, 1.165) is 26.5 Å². The number of carbonyl (C=O) groups is 2. The summed E-state index contributed by atoms with van der Waals surface area (Å²) in [5.41, 5.74) is 2.58. The minimum absolute atomic E-state index is 0.0204. The number of hydrogen-bond acceptors (Lipinski definition) is 4. The van der Waals surface area contributed by atoms with Gasteiger partial charge >= 0.3 is 0 Å². The van der Waals surface area contributed by atoms with E-state index in [4.69, 9.17) is 0 Å². The predicted molar refractivity (Wildman–Crippen MR) is 101 cm³/mol. The van der Waals surface area contributed by atoms with Crippen LogP contribution >= 0.6 is 39.0 Å². The molecule has 124 valence electrons. The molecule has 0 bridgehead atoms. The fraction of sp³-hybridized carbons (Fsp3) is 0.375. The molecule has 7 heteroatoms. The van der Waals surface area contributed by atoms with Crippen LogP contribution in [0.5, 0.6) is 0 Å². The van der Waals surface area contributed by atoms with Gasteiger partial charge in [-0.3, -0.25) is 9.59 Å². The van der Waals surface area contributed by atoms with Gasteiger partial charge in [-0.05, 0) is 54.4 Å². The van der Waals surface area contributed by atoms with Gasteiger partial charge in [0, 0.05) is 34.2 Å². The van der Waals surface area contributed by atoms with Crippen LogP contribution < -0.4 is 5.32 Å². The lowest BCUT2D eigenvalue weighted by Crippen LogP contribution is -2.26. The second-order valence-corrected chi connectivity index (χ2v) is 8.85. The number of aromatic nitrogens is 1. The SMILES string of the molecule is CC(=O)c1c(C)[nH]c(C(=O)NCCSCc2ccc(Br)s2)c1C. The van der Waals surface area contributed by atoms with Gasteiger partial charge in [0.05, 0.1) is 3.79 Å². The Morgan fingerprint density at radius 1 is 1.35 bits per heavy atom. The van der Waals surface area contributed by atoms with Gasteiger partial charge in [-0.1, -0.05) is 0 Å². The molecule has 4 nitrogen and oxygen atoms in total. The smallest absolute Gasteiger partial charge is 0.268 e. The number of amides is 1. The molecule has 2 aromatic rings. The average Bonchev–Trinajstić information content (AvgIpc) is 3.01. The van der Waals surface area contributed by atoms with E-state index in [9.17, 15) is 9.59 Å². The standard InChI is InChI=1S/C16H19BrN2O2S2/c1-9-14(11(3)20)10(2)19-15(9)16(21)18-6-7-22-8-12-4-5-13(17)23-12/h4-5,19H,6-8H2,1-3H3,(H,18,21). The van der Waals surface area contributed by atoms with Crippen molar-refractivity contribution in [3.8, 4) is 0 Å². The fourth-order valence-corrected chi connectivity index (χ4v) is 4.88. The molecule has 0 aliphatic carbocycles. The first-order chi connectivity index (χ1) is 10.9. The molecule has 0 aromatic carbocycles. The van der Waals surface area contributed by atoms with Crippen molar-refractivity contribution in [3.05, 3.63) is 43.3 Å². The van der Waals surface area contributed by atoms with Crippen LogP contribution in [0.2, 0.25) is 0 Å². The van der Waals surface area contributed by atoms with Gasteiger partial charge in [0.15, 0.2) is 5.78 Å². The molecule has 2 N–H and O–H groups in total. The number of aromatic amines is 1. The molecule has 0 fully saturated rings. The van der Waals surface area contributed by atoms with Crippen molar-refractivity contribution in [1.29, 1.82) is 0 Å². The molecule has 0 aliphatic heterocycles. The first-order valence-corrected chi connectivity index (χ1v) is 9.96. The molecule has 1 amide bonds. The highest BCUT2D eigenvalue weighted by Crippen LogP contribution is 2.25. The van der Waals surface area contributed by atoms with Crippen LogP contribution in [0.3, 0.4) is 0 Å². The summed E-state index contributed by atoms with van der Waals surface area (Å²) in [6, 6.07) is 4.15. The van der Waals surface area contributed by atoms with Crippen LogP contribution in [0, 0.1) is 13.8 Å². The van der Waals surface area contributed by atoms with Crippen LogP contribution in [0.4, 0.5) is 0 Å². The third kappa shape index (κ3) is 4.71. The fourth-order valence-electron chi connectivity index (χ4n) is 2.43. The second-order valence-electron chi connectivity index (χ2n) is 5.20. The predicted octanol–water partition coefficient (Wildman–Crippen LogP) is 4.32. The highest BCUT2D eigenvalue weighted by atomic mass is 79.9. The zero-order valence-corrected chi connectivity index (χ0v) is 16.5. The molecular formula is C16H19BrN2O2S2. The highest BCUT2D eigenvalue weighted by Gasteiger charge is 2.19. The van der Waals surface area contributed by atoms with E-state index in [0.29, 0.717) is 17.8 Å². The Labute approximate surface area is 152 Å². The normalized spacial score (nSPS) is 10.8. The van der Waals surface area contributed by atoms with E-state index < -0.39 is 0 Å². The number of rotatable bonds is 7. The number of H-pyrrole nitrogens is 1. The van der Waals surface area contributed by atoms with Crippen LogP contribution in [0.15, 0.2) is 15.9 Å². The maximum atomic E-state index is 12.2. The molecule has 0 aliphatic rings. The van der Waals surface area contributed by atoms with Crippen LogP contribution in [0.1, 0.15) is 43.9 Å². The molecule has 0 unspecified atom stereocenters. The molecule has 0 radical (unpaired) electrons. The summed E-state index contributed by atoms with van der Waals surface area (Å²) in [5, 5.41) is 2.90. The molecule has 0 saturated carbocycles. The van der Waals surface area contributed by atoms with Gasteiger partial charge in [0.25, 0.3) is 5.91 Å². The maximum absolute atomic E-state index is 12.2. The van der Waals surface area contributed by atoms with Crippen LogP contribution in [-0.4, -0.2) is 29.0 Å². The van der Waals surface area contributed by atoms with Crippen molar-refractivity contribution in [2.24, 2.45) is 0 Å². The number of halogens is 1. The van der Waals surface area contributed by atoms with Gasteiger partial charge in [-0.25, -0.2) is 0 Å². The Balaban J connectivity index is 1.81. The topological polar surface area (TPSA) is 62.0 Å². The first-order valence-electron chi connectivity index (χ1n) is 7.20. The van der Waals surface area contributed by atoms with Crippen LogP contribution in [-0.2, 0) is 5.75 Å². The number of ketones is 1. The Morgan fingerprint density at radius 3 is 2.65 bits per heavy atom.